The molecule has 0 unspecified atom stereocenters. The number of amides is 1. The fourth-order valence-electron chi connectivity index (χ4n) is 1.15. The molecule has 1 aromatic carbocycles. The van der Waals surface area contributed by atoms with Gasteiger partial charge >= 0.3 is 0 Å². The molecule has 0 saturated heterocycles. The van der Waals surface area contributed by atoms with Crippen molar-refractivity contribution in [1.29, 1.82) is 0 Å². The Kier molecular flexibility index (Phi) is 3.07. The van der Waals surface area contributed by atoms with Gasteiger partial charge in [0, 0.05) is 0 Å². The largest absolute Gasteiger partial charge is 0.389 e. The summed E-state index contributed by atoms with van der Waals surface area (Å²) >= 11 is 7.10. The van der Waals surface area contributed by atoms with Crippen LogP contribution in [0.2, 0.25) is 5.02 Å². The highest BCUT2D eigenvalue weighted by molar-refractivity contribution is 7.19. The molecule has 0 spiro atoms. The van der Waals surface area contributed by atoms with E-state index < -0.39 is 0 Å². The van der Waals surface area contributed by atoms with Crippen LogP contribution in [0.4, 0.5) is 10.1 Å². The summed E-state index contributed by atoms with van der Waals surface area (Å²) in [6.45, 7) is 0. The molecule has 3 N–H and O–H groups in total. The second-order valence-electron chi connectivity index (χ2n) is 3.00. The summed E-state index contributed by atoms with van der Waals surface area (Å²) in [6, 6.07) is 6.82. The topological polar surface area (TPSA) is 68.0 Å². The second kappa shape index (κ2) is 4.51. The Morgan fingerprint density at radius 1 is 1.44 bits per heavy atom. The van der Waals surface area contributed by atoms with Crippen LogP contribution < -0.4 is 11.1 Å². The van der Waals surface area contributed by atoms with Crippen LogP contribution in [0.3, 0.4) is 0 Å². The summed E-state index contributed by atoms with van der Waals surface area (Å²) in [5, 5.41) is 4.04. The molecule has 0 aliphatic rings. The van der Waals surface area contributed by atoms with Crippen molar-refractivity contribution in [2.45, 2.75) is 0 Å². The first-order valence-corrected chi connectivity index (χ1v) is 5.63. The van der Waals surface area contributed by atoms with Gasteiger partial charge in [-0.2, -0.15) is 0 Å². The molecule has 0 aliphatic heterocycles. The Bertz CT molecular complexity index is 526. The zero-order chi connectivity index (χ0) is 11.5. The zero-order valence-corrected chi connectivity index (χ0v) is 9.68. The summed E-state index contributed by atoms with van der Waals surface area (Å²) in [5.74, 6) is -0.292. The number of hydrogen-bond acceptors (Lipinski definition) is 4. The quantitative estimate of drug-likeness (QED) is 0.865. The number of anilines is 2. The molecule has 0 bridgehead atoms. The highest BCUT2D eigenvalue weighted by Crippen LogP contribution is 2.22. The van der Waals surface area contributed by atoms with Crippen LogP contribution in [0.1, 0.15) is 10.4 Å². The third kappa shape index (κ3) is 2.32. The van der Waals surface area contributed by atoms with Crippen molar-refractivity contribution in [3.63, 3.8) is 0 Å². The van der Waals surface area contributed by atoms with Crippen molar-refractivity contribution in [3.8, 4) is 0 Å². The third-order valence-corrected chi connectivity index (χ3v) is 2.93. The fraction of sp³-hybridized carbons (Fsp3) is 0. The number of aromatic nitrogens is 1. The molecule has 0 atom stereocenters. The molecule has 2 aromatic rings. The Morgan fingerprint density at radius 3 is 2.81 bits per heavy atom. The van der Waals surface area contributed by atoms with Crippen molar-refractivity contribution in [3.05, 3.63) is 41.0 Å². The number of rotatable bonds is 2. The van der Waals surface area contributed by atoms with Gasteiger partial charge in [-0.3, -0.25) is 10.1 Å². The van der Waals surface area contributed by atoms with Crippen molar-refractivity contribution in [2.75, 3.05) is 11.1 Å². The Hall–Kier alpha value is -1.59. The number of hydrogen-bond donors (Lipinski definition) is 2. The van der Waals surface area contributed by atoms with Gasteiger partial charge in [0.2, 0.25) is 0 Å². The number of nitrogens with two attached hydrogens (primary N) is 1. The average molecular weight is 254 g/mol. The van der Waals surface area contributed by atoms with E-state index in [1.807, 2.05) is 0 Å². The molecule has 0 saturated carbocycles. The van der Waals surface area contributed by atoms with E-state index in [1.165, 1.54) is 17.5 Å². The predicted molar refractivity (Wildman–Crippen MR) is 65.9 cm³/mol. The van der Waals surface area contributed by atoms with Crippen LogP contribution >= 0.6 is 22.9 Å². The highest BCUT2D eigenvalue weighted by Gasteiger charge is 2.11. The first kappa shape index (κ1) is 10.9. The number of nitrogen functional groups attached to an aromatic ring is 1. The molecule has 1 heterocycles. The van der Waals surface area contributed by atoms with Gasteiger partial charge < -0.3 is 5.73 Å². The lowest BCUT2D eigenvalue weighted by Crippen LogP contribution is -2.11. The van der Waals surface area contributed by atoms with E-state index in [0.717, 1.165) is 0 Å². The van der Waals surface area contributed by atoms with E-state index in [-0.39, 0.29) is 5.91 Å². The maximum atomic E-state index is 11.8. The van der Waals surface area contributed by atoms with Gasteiger partial charge in [-0.15, -0.1) is 0 Å². The smallest absolute Gasteiger partial charge is 0.258 e. The normalized spacial score (nSPS) is 10.1. The van der Waals surface area contributed by atoms with Crippen LogP contribution in [-0.4, -0.2) is 10.9 Å². The van der Waals surface area contributed by atoms with E-state index in [0.29, 0.717) is 20.7 Å². The van der Waals surface area contributed by atoms with Crippen LogP contribution in [-0.2, 0) is 0 Å². The minimum atomic E-state index is -0.292. The summed E-state index contributed by atoms with van der Waals surface area (Å²) in [4.78, 5) is 15.7. The number of carbonyl (C=O) groups excluding carboxylic acids is 1. The molecule has 4 nitrogen and oxygen atoms in total. The lowest BCUT2D eigenvalue weighted by molar-refractivity contribution is 0.102. The van der Waals surface area contributed by atoms with Crippen LogP contribution in [0.15, 0.2) is 30.5 Å². The van der Waals surface area contributed by atoms with Gasteiger partial charge in [0.25, 0.3) is 5.91 Å². The molecule has 0 fully saturated rings. The van der Waals surface area contributed by atoms with Gasteiger partial charge in [0.1, 0.15) is 5.00 Å². The van der Waals surface area contributed by atoms with Crippen molar-refractivity contribution >= 4 is 39.0 Å². The van der Waals surface area contributed by atoms with Gasteiger partial charge in [-0.1, -0.05) is 35.1 Å². The maximum Gasteiger partial charge on any atom is 0.258 e. The minimum absolute atomic E-state index is 0.292. The van der Waals surface area contributed by atoms with Gasteiger partial charge in [0.05, 0.1) is 16.8 Å². The van der Waals surface area contributed by atoms with Crippen LogP contribution in [0.25, 0.3) is 0 Å². The summed E-state index contributed by atoms with van der Waals surface area (Å²) in [7, 11) is 0. The summed E-state index contributed by atoms with van der Waals surface area (Å²) in [6.07, 6.45) is 1.49. The lowest BCUT2D eigenvalue weighted by Gasteiger charge is -2.02. The van der Waals surface area contributed by atoms with Crippen molar-refractivity contribution in [1.82, 2.24) is 4.98 Å². The van der Waals surface area contributed by atoms with E-state index in [9.17, 15) is 4.79 Å². The molecule has 82 valence electrons. The van der Waals surface area contributed by atoms with E-state index in [1.54, 1.807) is 24.3 Å². The standard InChI is InChI=1S/C10H8ClN3OS/c11-7-4-2-1-3-6(7)9(15)14-10-13-5-8(12)16-10/h1-5H,12H2,(H,13,14,15). The molecule has 16 heavy (non-hydrogen) atoms. The van der Waals surface area contributed by atoms with Crippen LogP contribution in [0.5, 0.6) is 0 Å². The molecule has 0 aliphatic carbocycles. The van der Waals surface area contributed by atoms with Crippen molar-refractivity contribution in [2.24, 2.45) is 0 Å². The van der Waals surface area contributed by atoms with Gasteiger partial charge in [-0.05, 0) is 12.1 Å². The van der Waals surface area contributed by atoms with E-state index in [2.05, 4.69) is 10.3 Å². The Balaban J connectivity index is 2.18. The van der Waals surface area contributed by atoms with Gasteiger partial charge in [-0.25, -0.2) is 4.98 Å². The number of carbonyl (C=O) groups is 1. The molecule has 0 radical (unpaired) electrons. The van der Waals surface area contributed by atoms with E-state index >= 15 is 0 Å². The number of benzene rings is 1. The Morgan fingerprint density at radius 2 is 2.19 bits per heavy atom. The molecule has 2 rings (SSSR count). The van der Waals surface area contributed by atoms with Crippen LogP contribution in [0, 0.1) is 0 Å². The number of nitrogens with zero attached hydrogens (tertiary/aromatic N) is 1. The third-order valence-electron chi connectivity index (χ3n) is 1.86. The predicted octanol–water partition coefficient (Wildman–Crippen LogP) is 2.63. The molecule has 1 amide bonds. The molecular formula is C10H8ClN3OS. The second-order valence-corrected chi connectivity index (χ2v) is 4.47. The molecule has 6 heteroatoms. The monoisotopic (exact) mass is 253 g/mol. The lowest BCUT2D eigenvalue weighted by atomic mass is 10.2. The average Bonchev–Trinajstić information content (AvgIpc) is 2.64. The highest BCUT2D eigenvalue weighted by atomic mass is 35.5. The number of nitrogens with one attached hydrogen (secondary N) is 1. The summed E-state index contributed by atoms with van der Waals surface area (Å²) < 4.78 is 0. The molecular weight excluding hydrogens is 246 g/mol. The zero-order valence-electron chi connectivity index (χ0n) is 8.11. The van der Waals surface area contributed by atoms with Gasteiger partial charge in [0.15, 0.2) is 5.13 Å². The maximum absolute atomic E-state index is 11.8. The van der Waals surface area contributed by atoms with E-state index in [4.69, 9.17) is 17.3 Å². The van der Waals surface area contributed by atoms with Crippen molar-refractivity contribution < 1.29 is 4.79 Å². The summed E-state index contributed by atoms with van der Waals surface area (Å²) in [5.41, 5.74) is 5.92. The number of halogens is 1. The first-order chi connectivity index (χ1) is 7.66. The first-order valence-electron chi connectivity index (χ1n) is 4.44. The fourth-order valence-corrected chi connectivity index (χ4v) is 1.95. The Labute approximate surface area is 101 Å². The molecule has 1 aromatic heterocycles. The SMILES string of the molecule is Nc1cnc(NC(=O)c2ccccc2Cl)s1. The number of thiazole rings is 1. The minimum Gasteiger partial charge on any atom is -0.389 e.